The van der Waals surface area contributed by atoms with Gasteiger partial charge in [-0.2, -0.15) is 0 Å². The lowest BCUT2D eigenvalue weighted by atomic mass is 9.51. The van der Waals surface area contributed by atoms with E-state index in [-0.39, 0.29) is 34.8 Å². The zero-order chi connectivity index (χ0) is 15.6. The Morgan fingerprint density at radius 3 is 2.77 bits per heavy atom. The quantitative estimate of drug-likeness (QED) is 0.591. The highest BCUT2D eigenvalue weighted by Gasteiger charge is 2.56. The van der Waals surface area contributed by atoms with Gasteiger partial charge >= 0.3 is 6.75 Å². The molecule has 116 valence electrons. The molecule has 0 radical (unpaired) electrons. The van der Waals surface area contributed by atoms with E-state index in [1.165, 1.54) is 7.11 Å². The van der Waals surface area contributed by atoms with Crippen molar-refractivity contribution in [2.45, 2.75) is 18.2 Å². The Labute approximate surface area is 127 Å². The number of hydrogen-bond acceptors (Lipinski definition) is 6. The average molecular weight is 302 g/mol. The number of carbonyl (C=O) groups is 1. The van der Waals surface area contributed by atoms with E-state index in [2.05, 4.69) is 6.08 Å². The number of methoxy groups -OCH3 is 1. The third-order valence-corrected chi connectivity index (χ3v) is 5.25. The number of ether oxygens (including phenoxy) is 1. The van der Waals surface area contributed by atoms with E-state index >= 15 is 0 Å². The van der Waals surface area contributed by atoms with Gasteiger partial charge in [-0.25, -0.2) is 0 Å². The largest absolute Gasteiger partial charge is 0.669 e. The van der Waals surface area contributed by atoms with Gasteiger partial charge in [0.2, 0.25) is 0 Å². The normalized spacial score (nSPS) is 33.0. The summed E-state index contributed by atoms with van der Waals surface area (Å²) in [6.45, 7) is -3.14. The van der Waals surface area contributed by atoms with Crippen LogP contribution in [0.1, 0.15) is 28.3 Å². The third kappa shape index (κ3) is 1.60. The minimum atomic E-state index is -3.14. The van der Waals surface area contributed by atoms with E-state index in [0.717, 1.165) is 6.42 Å². The number of carbonyl (C=O) groups excluding carboxylic acids is 1. The fourth-order valence-corrected chi connectivity index (χ4v) is 4.48. The molecule has 4 rings (SSSR count). The standard InChI is InChI=1S/C15H16BO6/c1-21-10-5-4-9-11-7-2-3-8(6-7)13(11)16(19,20)22-14(9)12(10)15(17)18/h2-5,7-8,11,13,19-20H,6H2,1H3,(H,17,18)/q-1/p-1. The molecule has 1 aliphatic heterocycles. The molecule has 1 fully saturated rings. The van der Waals surface area contributed by atoms with Crippen molar-refractivity contribution in [3.63, 3.8) is 0 Å². The van der Waals surface area contributed by atoms with Crippen LogP contribution in [0.25, 0.3) is 0 Å². The highest BCUT2D eigenvalue weighted by Crippen LogP contribution is 2.63. The van der Waals surface area contributed by atoms with E-state index < -0.39 is 18.5 Å². The molecule has 22 heavy (non-hydrogen) atoms. The van der Waals surface area contributed by atoms with Crippen molar-refractivity contribution in [2.24, 2.45) is 11.8 Å². The highest BCUT2D eigenvalue weighted by molar-refractivity contribution is 6.61. The predicted octanol–water partition coefficient (Wildman–Crippen LogP) is 0.0343. The molecule has 0 aromatic heterocycles. The van der Waals surface area contributed by atoms with E-state index in [4.69, 9.17) is 9.39 Å². The first-order valence-electron chi connectivity index (χ1n) is 7.33. The molecule has 2 aliphatic carbocycles. The maximum Gasteiger partial charge on any atom is 0.434 e. The van der Waals surface area contributed by atoms with Crippen LogP contribution in [0, 0.1) is 11.8 Å². The van der Waals surface area contributed by atoms with E-state index in [9.17, 15) is 19.9 Å². The molecule has 1 saturated carbocycles. The Kier molecular flexibility index (Phi) is 2.65. The lowest BCUT2D eigenvalue weighted by molar-refractivity contribution is -0.255. The number of allylic oxidation sites excluding steroid dienone is 2. The van der Waals surface area contributed by atoms with Gasteiger partial charge in [-0.15, -0.1) is 0 Å². The number of benzene rings is 1. The molecule has 1 aromatic carbocycles. The van der Waals surface area contributed by atoms with Crippen molar-refractivity contribution in [1.29, 1.82) is 0 Å². The third-order valence-electron chi connectivity index (χ3n) is 5.25. The molecule has 0 spiro atoms. The minimum absolute atomic E-state index is 0.0356. The molecular formula is C15H15BO6-2. The van der Waals surface area contributed by atoms with Gasteiger partial charge in [-0.3, -0.25) is 0 Å². The predicted molar refractivity (Wildman–Crippen MR) is 75.4 cm³/mol. The second-order valence-electron chi connectivity index (χ2n) is 6.28. The molecular weight excluding hydrogens is 287 g/mol. The van der Waals surface area contributed by atoms with Gasteiger partial charge in [0.25, 0.3) is 0 Å². The number of hydrogen-bond donors (Lipinski definition) is 2. The van der Waals surface area contributed by atoms with Gasteiger partial charge in [0.1, 0.15) is 5.75 Å². The minimum Gasteiger partial charge on any atom is -0.669 e. The molecule has 2 N–H and O–H groups in total. The Morgan fingerprint density at radius 1 is 1.36 bits per heavy atom. The summed E-state index contributed by atoms with van der Waals surface area (Å²) in [6, 6.07) is 3.31. The lowest BCUT2D eigenvalue weighted by Crippen LogP contribution is -2.53. The average Bonchev–Trinajstić information content (AvgIpc) is 3.06. The van der Waals surface area contributed by atoms with Crippen LogP contribution in [-0.4, -0.2) is 29.9 Å². The molecule has 0 amide bonds. The fraction of sp³-hybridized carbons (Fsp3) is 0.400. The van der Waals surface area contributed by atoms with Gasteiger partial charge in [-0.1, -0.05) is 24.0 Å². The molecule has 4 unspecified atom stereocenters. The number of carboxylic acid groups (broad SMARTS) is 1. The Bertz CT molecular complexity index is 698. The van der Waals surface area contributed by atoms with Crippen LogP contribution in [0.15, 0.2) is 24.3 Å². The highest BCUT2D eigenvalue weighted by atomic mass is 16.6. The van der Waals surface area contributed by atoms with Crippen LogP contribution < -0.4 is 14.5 Å². The molecule has 7 heteroatoms. The molecule has 1 heterocycles. The van der Waals surface area contributed by atoms with Crippen molar-refractivity contribution in [2.75, 3.05) is 7.11 Å². The van der Waals surface area contributed by atoms with Crippen LogP contribution in [-0.2, 0) is 0 Å². The number of fused-ring (bicyclic) bond motifs is 7. The summed E-state index contributed by atoms with van der Waals surface area (Å²) in [6.07, 6.45) is 4.89. The molecule has 2 bridgehead atoms. The van der Waals surface area contributed by atoms with Crippen LogP contribution >= 0.6 is 0 Å². The summed E-state index contributed by atoms with van der Waals surface area (Å²) < 4.78 is 10.4. The summed E-state index contributed by atoms with van der Waals surface area (Å²) in [5, 5.41) is 32.3. The second kappa shape index (κ2) is 4.27. The van der Waals surface area contributed by atoms with Crippen LogP contribution in [0.3, 0.4) is 0 Å². The summed E-state index contributed by atoms with van der Waals surface area (Å²) in [4.78, 5) is 11.5. The van der Waals surface area contributed by atoms with E-state index in [1.807, 2.05) is 6.08 Å². The van der Waals surface area contributed by atoms with Crippen LogP contribution in [0.4, 0.5) is 0 Å². The van der Waals surface area contributed by atoms with Gasteiger partial charge in [0, 0.05) is 0 Å². The SMILES string of the molecule is COc1ccc2c(c1C(=O)[O-])O[B-](O)(O)C1C3C=CC(C3)C21. The summed E-state index contributed by atoms with van der Waals surface area (Å²) >= 11 is 0. The Hall–Kier alpha value is -1.99. The Morgan fingerprint density at radius 2 is 2.09 bits per heavy atom. The summed E-state index contributed by atoms with van der Waals surface area (Å²) in [7, 11) is 1.34. The van der Waals surface area contributed by atoms with E-state index in [0.29, 0.717) is 5.56 Å². The number of carboxylic acids is 1. The van der Waals surface area contributed by atoms with Gasteiger partial charge in [0.15, 0.2) is 0 Å². The monoisotopic (exact) mass is 302 g/mol. The van der Waals surface area contributed by atoms with Crippen molar-refractivity contribution >= 4 is 12.7 Å². The fourth-order valence-electron chi connectivity index (χ4n) is 4.48. The number of aromatic carboxylic acids is 1. The maximum atomic E-state index is 11.5. The van der Waals surface area contributed by atoms with Crippen molar-refractivity contribution < 1.29 is 29.3 Å². The summed E-state index contributed by atoms with van der Waals surface area (Å²) in [5.41, 5.74) is 0.419. The zero-order valence-corrected chi connectivity index (χ0v) is 11.9. The molecule has 6 nitrogen and oxygen atoms in total. The van der Waals surface area contributed by atoms with Crippen LogP contribution in [0.5, 0.6) is 11.5 Å². The lowest BCUT2D eigenvalue weighted by Gasteiger charge is -2.49. The first kappa shape index (κ1) is 13.7. The van der Waals surface area contributed by atoms with Crippen molar-refractivity contribution in [3.8, 4) is 11.5 Å². The maximum absolute atomic E-state index is 11.5. The zero-order valence-electron chi connectivity index (χ0n) is 11.9. The second-order valence-corrected chi connectivity index (χ2v) is 6.28. The van der Waals surface area contributed by atoms with Gasteiger partial charge in [0.05, 0.1) is 24.4 Å². The Balaban J connectivity index is 1.95. The first-order valence-corrected chi connectivity index (χ1v) is 7.33. The molecule has 3 aliphatic rings. The number of rotatable bonds is 2. The first-order chi connectivity index (χ1) is 10.4. The topological polar surface area (TPSA) is 99.1 Å². The van der Waals surface area contributed by atoms with Crippen molar-refractivity contribution in [1.82, 2.24) is 0 Å². The van der Waals surface area contributed by atoms with E-state index in [1.54, 1.807) is 12.1 Å². The molecule has 0 saturated heterocycles. The molecule has 4 atom stereocenters. The molecule has 1 aromatic rings. The van der Waals surface area contributed by atoms with Gasteiger partial charge in [-0.05, 0) is 35.8 Å². The van der Waals surface area contributed by atoms with Crippen molar-refractivity contribution in [3.05, 3.63) is 35.4 Å². The van der Waals surface area contributed by atoms with Crippen LogP contribution in [0.2, 0.25) is 5.82 Å². The smallest absolute Gasteiger partial charge is 0.434 e. The summed E-state index contributed by atoms with van der Waals surface area (Å²) in [5.74, 6) is -1.79. The van der Waals surface area contributed by atoms with Gasteiger partial charge < -0.3 is 29.3 Å².